The highest BCUT2D eigenvalue weighted by atomic mass is 16.2. The van der Waals surface area contributed by atoms with Gasteiger partial charge in [0.1, 0.15) is 6.42 Å². The van der Waals surface area contributed by atoms with Crippen molar-refractivity contribution in [1.29, 1.82) is 5.26 Å². The van der Waals surface area contributed by atoms with Crippen LogP contribution in [0.4, 0.5) is 0 Å². The summed E-state index contributed by atoms with van der Waals surface area (Å²) in [5.41, 5.74) is 0.360. The number of carbonyl (C=O) groups excluding carboxylic acids is 1. The molecule has 0 bridgehead atoms. The van der Waals surface area contributed by atoms with E-state index in [0.717, 1.165) is 19.5 Å². The van der Waals surface area contributed by atoms with Gasteiger partial charge in [-0.15, -0.1) is 0 Å². The maximum Gasteiger partial charge on any atom is 0.236 e. The van der Waals surface area contributed by atoms with Gasteiger partial charge in [0, 0.05) is 19.1 Å². The quantitative estimate of drug-likeness (QED) is 0.784. The maximum absolute atomic E-state index is 11.7. The minimum absolute atomic E-state index is 0.0140. The van der Waals surface area contributed by atoms with Gasteiger partial charge in [0.15, 0.2) is 0 Å². The number of hydrogen-bond donors (Lipinski definition) is 1. The van der Waals surface area contributed by atoms with E-state index in [-0.39, 0.29) is 12.3 Å². The van der Waals surface area contributed by atoms with Crippen LogP contribution < -0.4 is 5.32 Å². The van der Waals surface area contributed by atoms with E-state index in [0.29, 0.717) is 11.5 Å². The number of nitrogens with one attached hydrogen (secondary N) is 1. The first-order valence-corrected chi connectivity index (χ1v) is 6.51. The lowest BCUT2D eigenvalue weighted by Crippen LogP contribution is -2.38. The minimum Gasteiger partial charge on any atom is -0.341 e. The monoisotopic (exact) mass is 235 g/mol. The molecule has 0 unspecified atom stereocenters. The third-order valence-electron chi connectivity index (χ3n) is 4.48. The molecule has 0 radical (unpaired) electrons. The Bertz CT molecular complexity index is 326. The highest BCUT2D eigenvalue weighted by molar-refractivity contribution is 5.78. The molecule has 0 aromatic heterocycles. The Morgan fingerprint density at radius 1 is 1.47 bits per heavy atom. The second kappa shape index (κ2) is 5.05. The third-order valence-corrected chi connectivity index (χ3v) is 4.48. The van der Waals surface area contributed by atoms with Gasteiger partial charge in [-0.05, 0) is 44.6 Å². The van der Waals surface area contributed by atoms with Gasteiger partial charge in [-0.2, -0.15) is 5.26 Å². The molecule has 2 fully saturated rings. The number of rotatable bonds is 2. The number of nitriles is 1. The van der Waals surface area contributed by atoms with Gasteiger partial charge in [0.2, 0.25) is 5.91 Å². The third kappa shape index (κ3) is 2.61. The molecule has 94 valence electrons. The van der Waals surface area contributed by atoms with Crippen LogP contribution in [0, 0.1) is 16.7 Å². The Labute approximate surface area is 103 Å². The number of carbonyl (C=O) groups is 1. The minimum atomic E-state index is 0.0140. The normalized spacial score (nSPS) is 32.7. The fourth-order valence-corrected chi connectivity index (χ4v) is 3.25. The Morgan fingerprint density at radius 2 is 2.18 bits per heavy atom. The van der Waals surface area contributed by atoms with Crippen LogP contribution in [0.2, 0.25) is 0 Å². The molecule has 1 saturated carbocycles. The smallest absolute Gasteiger partial charge is 0.236 e. The summed E-state index contributed by atoms with van der Waals surface area (Å²) < 4.78 is 0. The predicted octanol–water partition coefficient (Wildman–Crippen LogP) is 1.28. The number of likely N-dealkylation sites (tertiary alicyclic amines) is 1. The van der Waals surface area contributed by atoms with Crippen LogP contribution in [0.3, 0.4) is 0 Å². The van der Waals surface area contributed by atoms with Crippen molar-refractivity contribution in [3.63, 3.8) is 0 Å². The van der Waals surface area contributed by atoms with Crippen LogP contribution in [0.1, 0.15) is 38.5 Å². The van der Waals surface area contributed by atoms with Crippen LogP contribution >= 0.6 is 0 Å². The van der Waals surface area contributed by atoms with E-state index in [2.05, 4.69) is 5.32 Å². The molecule has 1 amide bonds. The van der Waals surface area contributed by atoms with E-state index in [1.165, 1.54) is 25.7 Å². The van der Waals surface area contributed by atoms with Crippen molar-refractivity contribution < 1.29 is 4.79 Å². The van der Waals surface area contributed by atoms with E-state index in [4.69, 9.17) is 5.26 Å². The van der Waals surface area contributed by atoms with Gasteiger partial charge >= 0.3 is 0 Å². The number of nitrogens with zero attached hydrogens (tertiary/aromatic N) is 2. The zero-order valence-electron chi connectivity index (χ0n) is 10.5. The average molecular weight is 235 g/mol. The van der Waals surface area contributed by atoms with Crippen LogP contribution in [0.5, 0.6) is 0 Å². The van der Waals surface area contributed by atoms with Crippen molar-refractivity contribution in [1.82, 2.24) is 10.2 Å². The van der Waals surface area contributed by atoms with Crippen molar-refractivity contribution in [3.8, 4) is 6.07 Å². The molecule has 1 aliphatic carbocycles. The largest absolute Gasteiger partial charge is 0.341 e. The first kappa shape index (κ1) is 12.4. The molecular weight excluding hydrogens is 214 g/mol. The summed E-state index contributed by atoms with van der Waals surface area (Å²) >= 11 is 0. The van der Waals surface area contributed by atoms with Crippen LogP contribution in [-0.4, -0.2) is 37.0 Å². The zero-order chi connectivity index (χ0) is 12.3. The Kier molecular flexibility index (Phi) is 3.68. The standard InChI is InChI=1S/C13H21N3O/c1-15-11-2-5-13(6-3-11)7-9-16(10-13)12(17)4-8-14/h11,15H,2-7,9-10H2,1H3. The van der Waals surface area contributed by atoms with Crippen LogP contribution in [-0.2, 0) is 4.79 Å². The number of amides is 1. The van der Waals surface area contributed by atoms with E-state index < -0.39 is 0 Å². The molecule has 1 spiro atoms. The molecule has 4 heteroatoms. The molecule has 17 heavy (non-hydrogen) atoms. The second-order valence-corrected chi connectivity index (χ2v) is 5.46. The van der Waals surface area contributed by atoms with Gasteiger partial charge in [-0.3, -0.25) is 4.79 Å². The van der Waals surface area contributed by atoms with Gasteiger partial charge in [0.25, 0.3) is 0 Å². The lowest BCUT2D eigenvalue weighted by molar-refractivity contribution is -0.129. The highest BCUT2D eigenvalue weighted by Gasteiger charge is 2.41. The van der Waals surface area contributed by atoms with Gasteiger partial charge in [-0.1, -0.05) is 0 Å². The lowest BCUT2D eigenvalue weighted by atomic mass is 9.72. The second-order valence-electron chi connectivity index (χ2n) is 5.46. The molecule has 1 heterocycles. The SMILES string of the molecule is CNC1CCC2(CC1)CCN(C(=O)CC#N)C2. The molecular formula is C13H21N3O. The lowest BCUT2D eigenvalue weighted by Gasteiger charge is -2.37. The predicted molar refractivity (Wildman–Crippen MR) is 65.2 cm³/mol. The Balaban J connectivity index is 1.89. The molecule has 0 atom stereocenters. The van der Waals surface area contributed by atoms with E-state index in [9.17, 15) is 4.79 Å². The zero-order valence-corrected chi connectivity index (χ0v) is 10.5. The molecule has 4 nitrogen and oxygen atoms in total. The fraction of sp³-hybridized carbons (Fsp3) is 0.846. The number of hydrogen-bond acceptors (Lipinski definition) is 3. The molecule has 2 aliphatic rings. The van der Waals surface area contributed by atoms with Crippen molar-refractivity contribution >= 4 is 5.91 Å². The molecule has 2 rings (SSSR count). The summed E-state index contributed by atoms with van der Waals surface area (Å²) in [4.78, 5) is 13.6. The van der Waals surface area contributed by atoms with E-state index in [1.54, 1.807) is 0 Å². The molecule has 1 N–H and O–H groups in total. The summed E-state index contributed by atoms with van der Waals surface area (Å²) in [6, 6.07) is 2.61. The summed E-state index contributed by atoms with van der Waals surface area (Å²) in [5.74, 6) is 0.0140. The maximum atomic E-state index is 11.7. The Hall–Kier alpha value is -1.08. The summed E-state index contributed by atoms with van der Waals surface area (Å²) in [5, 5.41) is 11.9. The summed E-state index contributed by atoms with van der Waals surface area (Å²) in [6.07, 6.45) is 6.03. The highest BCUT2D eigenvalue weighted by Crippen LogP contribution is 2.43. The first-order valence-electron chi connectivity index (χ1n) is 6.51. The van der Waals surface area contributed by atoms with Gasteiger partial charge in [0.05, 0.1) is 6.07 Å². The van der Waals surface area contributed by atoms with Crippen molar-refractivity contribution in [2.24, 2.45) is 5.41 Å². The molecule has 1 aliphatic heterocycles. The van der Waals surface area contributed by atoms with Crippen molar-refractivity contribution in [2.75, 3.05) is 20.1 Å². The van der Waals surface area contributed by atoms with Gasteiger partial charge < -0.3 is 10.2 Å². The summed E-state index contributed by atoms with van der Waals surface area (Å²) in [7, 11) is 2.03. The summed E-state index contributed by atoms with van der Waals surface area (Å²) in [6.45, 7) is 1.73. The first-order chi connectivity index (χ1) is 8.19. The average Bonchev–Trinajstić information content (AvgIpc) is 2.75. The molecule has 0 aromatic carbocycles. The topological polar surface area (TPSA) is 56.1 Å². The van der Waals surface area contributed by atoms with Crippen LogP contribution in [0.25, 0.3) is 0 Å². The van der Waals surface area contributed by atoms with E-state index in [1.807, 2.05) is 18.0 Å². The fourth-order valence-electron chi connectivity index (χ4n) is 3.25. The van der Waals surface area contributed by atoms with Crippen molar-refractivity contribution in [2.45, 2.75) is 44.6 Å². The van der Waals surface area contributed by atoms with Crippen LogP contribution in [0.15, 0.2) is 0 Å². The van der Waals surface area contributed by atoms with E-state index >= 15 is 0 Å². The molecule has 0 aromatic rings. The molecule has 1 saturated heterocycles. The van der Waals surface area contributed by atoms with Crippen molar-refractivity contribution in [3.05, 3.63) is 0 Å². The Morgan fingerprint density at radius 3 is 2.76 bits per heavy atom. The van der Waals surface area contributed by atoms with Gasteiger partial charge in [-0.25, -0.2) is 0 Å².